The van der Waals surface area contributed by atoms with Gasteiger partial charge in [0.25, 0.3) is 0 Å². The zero-order valence-corrected chi connectivity index (χ0v) is 18.3. The van der Waals surface area contributed by atoms with Gasteiger partial charge in [0, 0.05) is 37.9 Å². The van der Waals surface area contributed by atoms with Crippen LogP contribution in [-0.4, -0.2) is 43.0 Å². The summed E-state index contributed by atoms with van der Waals surface area (Å²) in [5.74, 6) is 0.204. The average molecular weight is 415 g/mol. The number of amides is 1. The molecule has 1 amide bonds. The van der Waals surface area contributed by atoms with Crippen LogP contribution in [0.3, 0.4) is 0 Å². The van der Waals surface area contributed by atoms with Crippen LogP contribution in [0.1, 0.15) is 29.2 Å². The molecule has 2 heterocycles. The number of hydrogen-bond acceptors (Lipinski definition) is 4. The fourth-order valence-corrected chi connectivity index (χ4v) is 4.92. The first-order chi connectivity index (χ1) is 15.1. The largest absolute Gasteiger partial charge is 0.368 e. The van der Waals surface area contributed by atoms with Crippen LogP contribution in [0.4, 0.5) is 5.69 Å². The van der Waals surface area contributed by atoms with Crippen LogP contribution in [-0.2, 0) is 4.79 Å². The van der Waals surface area contributed by atoms with E-state index >= 15 is 0 Å². The van der Waals surface area contributed by atoms with Crippen LogP contribution < -0.4 is 15.8 Å². The number of fused-ring (bicyclic) bond motifs is 1. The number of aryl methyl sites for hydroxylation is 2. The van der Waals surface area contributed by atoms with Gasteiger partial charge >= 0.3 is 0 Å². The molecule has 5 nitrogen and oxygen atoms in total. The molecule has 2 unspecified atom stereocenters. The second-order valence-corrected chi connectivity index (χ2v) is 8.80. The van der Waals surface area contributed by atoms with Crippen LogP contribution in [0.5, 0.6) is 0 Å². The zero-order valence-electron chi connectivity index (χ0n) is 18.3. The van der Waals surface area contributed by atoms with Gasteiger partial charge in [-0.05, 0) is 53.8 Å². The van der Waals surface area contributed by atoms with E-state index in [0.717, 1.165) is 32.6 Å². The SMILES string of the molecule is Cc1ccc(C)c(N2CCN(C(=O)C3CC(c4cccc5ccccc45)NN3)CC2)c1. The topological polar surface area (TPSA) is 47.6 Å². The Balaban J connectivity index is 1.23. The number of carbonyl (C=O) groups excluding carboxylic acids is 1. The maximum atomic E-state index is 13.2. The molecule has 2 saturated heterocycles. The van der Waals surface area contributed by atoms with E-state index < -0.39 is 0 Å². The number of hydrazine groups is 1. The van der Waals surface area contributed by atoms with Crippen molar-refractivity contribution in [1.82, 2.24) is 15.8 Å². The maximum Gasteiger partial charge on any atom is 0.241 e. The number of nitrogens with one attached hydrogen (secondary N) is 2. The molecule has 2 N–H and O–H groups in total. The smallest absolute Gasteiger partial charge is 0.241 e. The van der Waals surface area contributed by atoms with Gasteiger partial charge in [0.1, 0.15) is 6.04 Å². The standard InChI is InChI=1S/C26H30N4O/c1-18-10-11-19(2)25(16-18)29-12-14-30(15-13-29)26(31)24-17-23(27-28-24)22-9-5-7-20-6-3-4-8-21(20)22/h3-11,16,23-24,27-28H,12-15,17H2,1-2H3. The van der Waals surface area contributed by atoms with Gasteiger partial charge in [0.2, 0.25) is 5.91 Å². The first kappa shape index (κ1) is 20.0. The average Bonchev–Trinajstić information content (AvgIpc) is 3.30. The van der Waals surface area contributed by atoms with Gasteiger partial charge in [0.15, 0.2) is 0 Å². The summed E-state index contributed by atoms with van der Waals surface area (Å²) < 4.78 is 0. The Morgan fingerprint density at radius 1 is 0.903 bits per heavy atom. The molecule has 2 aliphatic heterocycles. The summed E-state index contributed by atoms with van der Waals surface area (Å²) in [4.78, 5) is 17.6. The van der Waals surface area contributed by atoms with E-state index in [1.165, 1.54) is 33.2 Å². The molecule has 0 aliphatic carbocycles. The van der Waals surface area contributed by atoms with E-state index in [4.69, 9.17) is 0 Å². The molecule has 3 aromatic rings. The van der Waals surface area contributed by atoms with Crippen molar-refractivity contribution >= 4 is 22.4 Å². The van der Waals surface area contributed by atoms with Crippen LogP contribution in [0.25, 0.3) is 10.8 Å². The summed E-state index contributed by atoms with van der Waals surface area (Å²) >= 11 is 0. The molecule has 2 atom stereocenters. The predicted octanol–water partition coefficient (Wildman–Crippen LogP) is 3.71. The molecule has 0 aromatic heterocycles. The lowest BCUT2D eigenvalue weighted by Gasteiger charge is -2.37. The normalized spacial score (nSPS) is 21.6. The van der Waals surface area contributed by atoms with Crippen molar-refractivity contribution in [1.29, 1.82) is 0 Å². The Bertz CT molecular complexity index is 1100. The van der Waals surface area contributed by atoms with Crippen LogP contribution in [0.15, 0.2) is 60.7 Å². The second-order valence-electron chi connectivity index (χ2n) is 8.80. The number of anilines is 1. The van der Waals surface area contributed by atoms with Crippen LogP contribution in [0.2, 0.25) is 0 Å². The van der Waals surface area contributed by atoms with Crippen molar-refractivity contribution in [3.8, 4) is 0 Å². The Morgan fingerprint density at radius 3 is 2.52 bits per heavy atom. The summed E-state index contributed by atoms with van der Waals surface area (Å²) in [5.41, 5.74) is 11.8. The fraction of sp³-hybridized carbons (Fsp3) is 0.346. The summed E-state index contributed by atoms with van der Waals surface area (Å²) in [6, 6.07) is 21.4. The highest BCUT2D eigenvalue weighted by Crippen LogP contribution is 2.30. The van der Waals surface area contributed by atoms with Crippen molar-refractivity contribution in [3.63, 3.8) is 0 Å². The Labute approximate surface area is 184 Å². The minimum Gasteiger partial charge on any atom is -0.368 e. The first-order valence-electron chi connectivity index (χ1n) is 11.2. The molecule has 160 valence electrons. The minimum absolute atomic E-state index is 0.135. The van der Waals surface area contributed by atoms with Gasteiger partial charge in [-0.3, -0.25) is 4.79 Å². The minimum atomic E-state index is -0.184. The van der Waals surface area contributed by atoms with E-state index in [9.17, 15) is 4.79 Å². The van der Waals surface area contributed by atoms with Gasteiger partial charge in [-0.15, -0.1) is 0 Å². The van der Waals surface area contributed by atoms with E-state index in [1.807, 2.05) is 4.90 Å². The third-order valence-corrected chi connectivity index (χ3v) is 6.70. The van der Waals surface area contributed by atoms with E-state index in [-0.39, 0.29) is 18.0 Å². The molecule has 0 saturated carbocycles. The third kappa shape index (κ3) is 3.91. The molecule has 5 heteroatoms. The number of benzene rings is 3. The maximum absolute atomic E-state index is 13.2. The lowest BCUT2D eigenvalue weighted by Crippen LogP contribution is -2.53. The highest BCUT2D eigenvalue weighted by Gasteiger charge is 2.34. The Hall–Kier alpha value is -2.89. The number of rotatable bonds is 3. The molecule has 2 fully saturated rings. The van der Waals surface area contributed by atoms with Crippen LogP contribution >= 0.6 is 0 Å². The van der Waals surface area contributed by atoms with Gasteiger partial charge in [0.05, 0.1) is 0 Å². The molecule has 31 heavy (non-hydrogen) atoms. The molecule has 5 rings (SSSR count). The van der Waals surface area contributed by atoms with Crippen LogP contribution in [0, 0.1) is 13.8 Å². The summed E-state index contributed by atoms with van der Waals surface area (Å²) in [5, 5.41) is 2.48. The predicted molar refractivity (Wildman–Crippen MR) is 126 cm³/mol. The van der Waals surface area contributed by atoms with Crippen molar-refractivity contribution in [2.45, 2.75) is 32.4 Å². The molecule has 2 aliphatic rings. The molecule has 0 bridgehead atoms. The van der Waals surface area contributed by atoms with Crippen molar-refractivity contribution in [3.05, 3.63) is 77.4 Å². The number of hydrogen-bond donors (Lipinski definition) is 2. The van der Waals surface area contributed by atoms with Crippen molar-refractivity contribution in [2.24, 2.45) is 0 Å². The second kappa shape index (κ2) is 8.33. The summed E-state index contributed by atoms with van der Waals surface area (Å²) in [6.45, 7) is 7.58. The molecular weight excluding hydrogens is 384 g/mol. The zero-order chi connectivity index (χ0) is 21.4. The van der Waals surface area contributed by atoms with E-state index in [0.29, 0.717) is 0 Å². The number of carbonyl (C=O) groups is 1. The van der Waals surface area contributed by atoms with Gasteiger partial charge in [-0.25, -0.2) is 10.9 Å². The summed E-state index contributed by atoms with van der Waals surface area (Å²) in [6.07, 6.45) is 0.768. The van der Waals surface area contributed by atoms with Crippen molar-refractivity contribution < 1.29 is 4.79 Å². The Kier molecular flexibility index (Phi) is 5.38. The highest BCUT2D eigenvalue weighted by atomic mass is 16.2. The van der Waals surface area contributed by atoms with E-state index in [2.05, 4.69) is 90.3 Å². The molecule has 0 spiro atoms. The molecular formula is C26H30N4O. The lowest BCUT2D eigenvalue weighted by molar-refractivity contribution is -0.133. The molecule has 0 radical (unpaired) electrons. The number of piperazine rings is 1. The summed E-state index contributed by atoms with van der Waals surface area (Å²) in [7, 11) is 0. The Morgan fingerprint density at radius 2 is 1.68 bits per heavy atom. The lowest BCUT2D eigenvalue weighted by atomic mass is 9.96. The van der Waals surface area contributed by atoms with Crippen molar-refractivity contribution in [2.75, 3.05) is 31.1 Å². The number of nitrogens with zero attached hydrogens (tertiary/aromatic N) is 2. The first-order valence-corrected chi connectivity index (χ1v) is 11.2. The fourth-order valence-electron chi connectivity index (χ4n) is 4.92. The van der Waals surface area contributed by atoms with Gasteiger partial charge < -0.3 is 9.80 Å². The van der Waals surface area contributed by atoms with E-state index in [1.54, 1.807) is 0 Å². The monoisotopic (exact) mass is 414 g/mol. The van der Waals surface area contributed by atoms with Gasteiger partial charge in [-0.1, -0.05) is 54.6 Å². The highest BCUT2D eigenvalue weighted by molar-refractivity contribution is 5.87. The third-order valence-electron chi connectivity index (χ3n) is 6.70. The quantitative estimate of drug-likeness (QED) is 0.686. The van der Waals surface area contributed by atoms with Gasteiger partial charge in [-0.2, -0.15) is 0 Å². The molecule has 3 aromatic carbocycles.